The molecule has 0 saturated carbocycles. The van der Waals surface area contributed by atoms with Gasteiger partial charge in [-0.15, -0.1) is 4.28 Å². The molecule has 2 atom stereocenters. The Kier molecular flexibility index (Phi) is 10.6. The number of ether oxygens (including phenoxy) is 3. The van der Waals surface area contributed by atoms with Crippen molar-refractivity contribution in [3.8, 4) is 11.5 Å². The Morgan fingerprint density at radius 1 is 1.05 bits per heavy atom. The van der Waals surface area contributed by atoms with Crippen molar-refractivity contribution in [3.63, 3.8) is 0 Å². The normalized spacial score (nSPS) is 18.6. The molecule has 3 N–H and O–H groups in total. The van der Waals surface area contributed by atoms with Crippen molar-refractivity contribution in [3.05, 3.63) is 23.8 Å². The molecular formula is C25H39N3O10S. The Labute approximate surface area is 229 Å². The molecule has 0 unspecified atom stereocenters. The van der Waals surface area contributed by atoms with Gasteiger partial charge in [0.25, 0.3) is 0 Å². The summed E-state index contributed by atoms with van der Waals surface area (Å²) in [5, 5.41) is 2.97. The van der Waals surface area contributed by atoms with Crippen LogP contribution in [0.25, 0.3) is 0 Å². The van der Waals surface area contributed by atoms with Crippen molar-refractivity contribution in [2.24, 2.45) is 16.6 Å². The number of hydrogen-bond donors (Lipinski definition) is 2. The van der Waals surface area contributed by atoms with Gasteiger partial charge in [-0.05, 0) is 49.1 Å². The van der Waals surface area contributed by atoms with E-state index in [9.17, 15) is 22.8 Å². The number of rotatable bonds is 13. The summed E-state index contributed by atoms with van der Waals surface area (Å²) >= 11 is 0. The highest BCUT2D eigenvalue weighted by molar-refractivity contribution is 7.81. The first-order chi connectivity index (χ1) is 18.0. The molecule has 1 aromatic rings. The minimum atomic E-state index is -4.63. The number of nitrogens with two attached hydrogens (primary N) is 1. The van der Waals surface area contributed by atoms with Crippen molar-refractivity contribution < 1.29 is 45.5 Å². The Balaban J connectivity index is 1.98. The topological polar surface area (TPSA) is 173 Å². The summed E-state index contributed by atoms with van der Waals surface area (Å²) in [6.07, 6.45) is 0.910. The lowest BCUT2D eigenvalue weighted by atomic mass is 9.76. The summed E-state index contributed by atoms with van der Waals surface area (Å²) in [5.74, 6) is -0.721. The molecule has 1 aliphatic heterocycles. The number of hydrogen-bond acceptors (Lipinski definition) is 10. The zero-order valence-corrected chi connectivity index (χ0v) is 24.3. The number of methoxy groups -OCH3 is 2. The lowest BCUT2D eigenvalue weighted by Gasteiger charge is -2.34. The second kappa shape index (κ2) is 12.8. The van der Waals surface area contributed by atoms with Gasteiger partial charge in [0.1, 0.15) is 23.1 Å². The van der Waals surface area contributed by atoms with Gasteiger partial charge in [0.2, 0.25) is 5.91 Å². The average Bonchev–Trinajstić information content (AvgIpc) is 2.98. The predicted octanol–water partition coefficient (Wildman–Crippen LogP) is 2.54. The molecule has 2 rings (SSSR count). The van der Waals surface area contributed by atoms with Crippen LogP contribution in [-0.4, -0.2) is 70.9 Å². The summed E-state index contributed by atoms with van der Waals surface area (Å²) in [7, 11) is -1.76. The van der Waals surface area contributed by atoms with Crippen LogP contribution in [0.1, 0.15) is 64.2 Å². The maximum atomic E-state index is 12.8. The van der Waals surface area contributed by atoms with E-state index in [1.165, 1.54) is 14.2 Å². The SMILES string of the molecule is COc1cccc(OC)c1C(=O)OCC(C)(C)CC(C)(C)COS(=O)(=O)ON1C(=O)N[C@H](C(N)=O)CC[C@@H]1C. The number of hydroxylamine groups is 2. The van der Waals surface area contributed by atoms with E-state index in [4.69, 9.17) is 28.4 Å². The second-order valence-electron chi connectivity index (χ2n) is 11.0. The largest absolute Gasteiger partial charge is 0.496 e. The van der Waals surface area contributed by atoms with E-state index < -0.39 is 51.2 Å². The van der Waals surface area contributed by atoms with Gasteiger partial charge in [-0.1, -0.05) is 33.8 Å². The molecule has 13 nitrogen and oxygen atoms in total. The van der Waals surface area contributed by atoms with Crippen molar-refractivity contribution in [2.45, 2.75) is 66.0 Å². The summed E-state index contributed by atoms with van der Waals surface area (Å²) < 4.78 is 51.3. The molecule has 1 saturated heterocycles. The lowest BCUT2D eigenvalue weighted by molar-refractivity contribution is -0.119. The molecule has 0 radical (unpaired) electrons. The first kappa shape index (κ1) is 32.1. The monoisotopic (exact) mass is 573 g/mol. The molecule has 1 heterocycles. The van der Waals surface area contributed by atoms with E-state index in [-0.39, 0.29) is 31.6 Å². The highest BCUT2D eigenvalue weighted by Crippen LogP contribution is 2.36. The van der Waals surface area contributed by atoms with Crippen LogP contribution in [0, 0.1) is 10.8 Å². The number of esters is 1. The number of nitrogens with one attached hydrogen (secondary N) is 1. The van der Waals surface area contributed by atoms with Crippen molar-refractivity contribution >= 4 is 28.3 Å². The van der Waals surface area contributed by atoms with Crippen LogP contribution in [-0.2, 0) is 28.4 Å². The van der Waals surface area contributed by atoms with Crippen molar-refractivity contribution in [1.29, 1.82) is 0 Å². The Bertz CT molecular complexity index is 1130. The Hall–Kier alpha value is -3.10. The van der Waals surface area contributed by atoms with Gasteiger partial charge in [0.05, 0.1) is 33.5 Å². The quantitative estimate of drug-likeness (QED) is 0.334. The standard InChI is InChI=1S/C25H39N3O10S/c1-16-11-12-17(21(26)29)27-23(31)28(16)38-39(32,33)37-15-25(4,5)13-24(2,3)14-36-22(30)20-18(34-6)9-8-10-19(20)35-7/h8-10,16-17H,11-15H2,1-7H3,(H2,26,29)(H,27,31)/t16-,17-/m0/s1. The fourth-order valence-corrected chi connectivity index (χ4v) is 5.38. The van der Waals surface area contributed by atoms with Gasteiger partial charge < -0.3 is 25.3 Å². The molecule has 3 amide bonds. The van der Waals surface area contributed by atoms with Crippen LogP contribution < -0.4 is 20.5 Å². The summed E-state index contributed by atoms with van der Waals surface area (Å²) in [6.45, 7) is 8.62. The second-order valence-corrected chi connectivity index (χ2v) is 12.2. The number of carbonyl (C=O) groups is 3. The minimum Gasteiger partial charge on any atom is -0.496 e. The minimum absolute atomic E-state index is 0.0200. The number of amides is 3. The van der Waals surface area contributed by atoms with Gasteiger partial charge in [-0.3, -0.25) is 4.79 Å². The predicted molar refractivity (Wildman–Crippen MR) is 140 cm³/mol. The Morgan fingerprint density at radius 2 is 1.62 bits per heavy atom. The van der Waals surface area contributed by atoms with Crippen LogP contribution in [0.15, 0.2) is 18.2 Å². The van der Waals surface area contributed by atoms with Gasteiger partial charge in [0, 0.05) is 0 Å². The number of nitrogens with zero attached hydrogens (tertiary/aromatic N) is 1. The van der Waals surface area contributed by atoms with E-state index >= 15 is 0 Å². The first-order valence-electron chi connectivity index (χ1n) is 12.4. The van der Waals surface area contributed by atoms with Crippen molar-refractivity contribution in [1.82, 2.24) is 10.4 Å². The van der Waals surface area contributed by atoms with Gasteiger partial charge in [-0.25, -0.2) is 13.8 Å². The van der Waals surface area contributed by atoms with Gasteiger partial charge in [0.15, 0.2) is 0 Å². The number of primary amides is 1. The number of urea groups is 1. The third-order valence-electron chi connectivity index (χ3n) is 6.06. The van der Waals surface area contributed by atoms with E-state index in [1.54, 1.807) is 39.0 Å². The van der Waals surface area contributed by atoms with E-state index in [1.807, 2.05) is 13.8 Å². The molecule has 220 valence electrons. The molecule has 39 heavy (non-hydrogen) atoms. The van der Waals surface area contributed by atoms with Gasteiger partial charge >= 0.3 is 22.4 Å². The molecule has 0 spiro atoms. The molecule has 0 aliphatic carbocycles. The molecule has 1 aromatic carbocycles. The molecule has 0 bridgehead atoms. The van der Waals surface area contributed by atoms with Crippen molar-refractivity contribution in [2.75, 3.05) is 27.4 Å². The van der Waals surface area contributed by atoms with Crippen LogP contribution in [0.5, 0.6) is 11.5 Å². The number of carbonyl (C=O) groups excluding carboxylic acids is 3. The fraction of sp³-hybridized carbons (Fsp3) is 0.640. The third-order valence-corrected chi connectivity index (χ3v) is 6.81. The molecular weight excluding hydrogens is 534 g/mol. The first-order valence-corrected chi connectivity index (χ1v) is 13.7. The maximum Gasteiger partial charge on any atom is 0.421 e. The van der Waals surface area contributed by atoms with Crippen LogP contribution in [0.4, 0.5) is 4.79 Å². The smallest absolute Gasteiger partial charge is 0.421 e. The summed E-state index contributed by atoms with van der Waals surface area (Å²) in [4.78, 5) is 36.7. The molecule has 14 heteroatoms. The molecule has 1 fully saturated rings. The average molecular weight is 574 g/mol. The maximum absolute atomic E-state index is 12.8. The van der Waals surface area contributed by atoms with Gasteiger partial charge in [-0.2, -0.15) is 13.5 Å². The summed E-state index contributed by atoms with van der Waals surface area (Å²) in [6, 6.07) is 2.44. The van der Waals surface area contributed by atoms with Crippen LogP contribution >= 0.6 is 0 Å². The molecule has 0 aromatic heterocycles. The zero-order chi connectivity index (χ0) is 29.6. The highest BCUT2D eigenvalue weighted by atomic mass is 32.3. The number of benzene rings is 1. The highest BCUT2D eigenvalue weighted by Gasteiger charge is 2.37. The third kappa shape index (κ3) is 9.25. The van der Waals surface area contributed by atoms with Crippen LogP contribution in [0.2, 0.25) is 0 Å². The Morgan fingerprint density at radius 3 is 2.15 bits per heavy atom. The van der Waals surface area contributed by atoms with E-state index in [2.05, 4.69) is 5.32 Å². The summed E-state index contributed by atoms with van der Waals surface area (Å²) in [5.41, 5.74) is 4.14. The lowest BCUT2D eigenvalue weighted by Crippen LogP contribution is -2.49. The molecule has 1 aliphatic rings. The van der Waals surface area contributed by atoms with Crippen LogP contribution in [0.3, 0.4) is 0 Å². The fourth-order valence-electron chi connectivity index (χ4n) is 4.47. The zero-order valence-electron chi connectivity index (χ0n) is 23.4. The van der Waals surface area contributed by atoms with E-state index in [0.717, 1.165) is 0 Å². The van der Waals surface area contributed by atoms with E-state index in [0.29, 0.717) is 23.0 Å².